The first-order valence-corrected chi connectivity index (χ1v) is 17.4. The molecule has 2 saturated heterocycles. The van der Waals surface area contributed by atoms with E-state index in [9.17, 15) is 25.5 Å². The highest BCUT2D eigenvalue weighted by Crippen LogP contribution is 2.37. The first-order chi connectivity index (χ1) is 25.2. The molecule has 0 saturated carbocycles. The molecule has 2 aliphatic heterocycles. The van der Waals surface area contributed by atoms with Gasteiger partial charge in [0.2, 0.25) is 5.89 Å². The number of aliphatic hydroxyl groups excluding tert-OH is 1. The van der Waals surface area contributed by atoms with E-state index in [0.717, 1.165) is 57.5 Å². The molecule has 0 amide bonds. The maximum Gasteiger partial charge on any atom is 0.307 e. The van der Waals surface area contributed by atoms with Crippen LogP contribution in [0.15, 0.2) is 65.2 Å². The smallest absolute Gasteiger partial charge is 0.307 e. The van der Waals surface area contributed by atoms with Crippen LogP contribution in [0.5, 0.6) is 0 Å². The van der Waals surface area contributed by atoms with Crippen LogP contribution in [0.25, 0.3) is 50.7 Å². The molecule has 5 heterocycles. The minimum absolute atomic E-state index is 0.320. The summed E-state index contributed by atoms with van der Waals surface area (Å²) in [5.41, 5.74) is 9.71. The second-order valence-corrected chi connectivity index (χ2v) is 13.9. The van der Waals surface area contributed by atoms with E-state index in [1.165, 1.54) is 0 Å². The van der Waals surface area contributed by atoms with E-state index in [0.29, 0.717) is 78.7 Å². The molecule has 2 fully saturated rings. The van der Waals surface area contributed by atoms with Gasteiger partial charge in [-0.3, -0.25) is 14.6 Å². The highest BCUT2D eigenvalue weighted by Gasteiger charge is 2.28. The number of benzene rings is 3. The molecule has 3 aromatic heterocycles. The molecule has 3 aromatic carbocycles. The van der Waals surface area contributed by atoms with Gasteiger partial charge in [0.05, 0.1) is 23.1 Å². The van der Waals surface area contributed by atoms with E-state index in [1.807, 2.05) is 56.4 Å². The zero-order valence-corrected chi connectivity index (χ0v) is 28.9. The van der Waals surface area contributed by atoms with Gasteiger partial charge in [-0.2, -0.15) is 10.5 Å². The van der Waals surface area contributed by atoms with Gasteiger partial charge in [0.15, 0.2) is 17.1 Å². The maximum atomic E-state index is 11.5. The number of hydrogen-bond donors (Lipinski definition) is 2. The summed E-state index contributed by atoms with van der Waals surface area (Å²) in [5.74, 6) is -0.222. The molecular formula is C40H36N8O4. The van der Waals surface area contributed by atoms with Gasteiger partial charge in [-0.05, 0) is 90.9 Å². The Hall–Kier alpha value is -5.92. The predicted octanol–water partition coefficient (Wildman–Crippen LogP) is 5.70. The van der Waals surface area contributed by atoms with Crippen LogP contribution in [-0.2, 0) is 17.9 Å². The first-order valence-electron chi connectivity index (χ1n) is 17.4. The van der Waals surface area contributed by atoms with Gasteiger partial charge in [-0.25, -0.2) is 14.5 Å². The molecule has 0 aliphatic carbocycles. The van der Waals surface area contributed by atoms with Crippen molar-refractivity contribution in [1.82, 2.24) is 29.4 Å². The lowest BCUT2D eigenvalue weighted by molar-refractivity contribution is -0.141. The lowest BCUT2D eigenvalue weighted by Crippen LogP contribution is -2.22. The monoisotopic (exact) mass is 692 g/mol. The summed E-state index contributed by atoms with van der Waals surface area (Å²) in [6.45, 7) is 7.80. The Morgan fingerprint density at radius 3 is 2.21 bits per heavy atom. The molecule has 2 aliphatic rings. The summed E-state index contributed by atoms with van der Waals surface area (Å²) in [5, 5.41) is 44.2. The SMILES string of the molecule is Cc1c(-c2nc3c(C#N)cc(CN4CCC(O)C4)cn3n2)cccc1-c1cccc(-c2nc3cc(CN4CCC(C(=O)O)C4)cc(C#N)c3o2)c1C. The number of fused-ring (bicyclic) bond motifs is 2. The predicted molar refractivity (Wildman–Crippen MR) is 193 cm³/mol. The Kier molecular flexibility index (Phi) is 8.52. The minimum atomic E-state index is -0.776. The van der Waals surface area contributed by atoms with E-state index in [-0.39, 0.29) is 12.0 Å². The molecular weight excluding hydrogens is 656 g/mol. The third-order valence-corrected chi connectivity index (χ3v) is 10.4. The van der Waals surface area contributed by atoms with Crippen molar-refractivity contribution in [2.75, 3.05) is 26.2 Å². The van der Waals surface area contributed by atoms with Gasteiger partial charge in [0.1, 0.15) is 17.7 Å². The zero-order chi connectivity index (χ0) is 36.1. The third-order valence-electron chi connectivity index (χ3n) is 10.4. The largest absolute Gasteiger partial charge is 0.481 e. The van der Waals surface area contributed by atoms with Crippen molar-refractivity contribution in [3.8, 4) is 46.1 Å². The van der Waals surface area contributed by atoms with Crippen LogP contribution in [-0.4, -0.2) is 77.8 Å². The van der Waals surface area contributed by atoms with Gasteiger partial charge in [0, 0.05) is 50.0 Å². The summed E-state index contributed by atoms with van der Waals surface area (Å²) in [6.07, 6.45) is 2.94. The molecule has 260 valence electrons. The van der Waals surface area contributed by atoms with Crippen molar-refractivity contribution in [3.05, 3.63) is 94.2 Å². The van der Waals surface area contributed by atoms with Crippen molar-refractivity contribution < 1.29 is 19.4 Å². The number of pyridine rings is 1. The number of oxazole rings is 1. The quantitative estimate of drug-likeness (QED) is 0.201. The summed E-state index contributed by atoms with van der Waals surface area (Å²) in [4.78, 5) is 25.4. The van der Waals surface area contributed by atoms with E-state index in [4.69, 9.17) is 19.5 Å². The van der Waals surface area contributed by atoms with Crippen LogP contribution >= 0.6 is 0 Å². The van der Waals surface area contributed by atoms with Crippen molar-refractivity contribution >= 4 is 22.7 Å². The Labute approximate surface area is 299 Å². The summed E-state index contributed by atoms with van der Waals surface area (Å²) >= 11 is 0. The molecule has 2 unspecified atom stereocenters. The minimum Gasteiger partial charge on any atom is -0.481 e. The lowest BCUT2D eigenvalue weighted by atomic mass is 9.91. The second-order valence-electron chi connectivity index (χ2n) is 13.9. The topological polar surface area (TPSA) is 168 Å². The van der Waals surface area contributed by atoms with Gasteiger partial charge < -0.3 is 14.6 Å². The maximum absolute atomic E-state index is 11.5. The van der Waals surface area contributed by atoms with E-state index in [1.54, 1.807) is 10.6 Å². The zero-order valence-electron chi connectivity index (χ0n) is 28.9. The lowest BCUT2D eigenvalue weighted by Gasteiger charge is -2.15. The Morgan fingerprint density at radius 2 is 1.52 bits per heavy atom. The first kappa shape index (κ1) is 33.2. The number of β-amino-alcohol motifs (C(OH)–C–C–N with tert-alkyl or cyclic N) is 1. The fourth-order valence-electron chi connectivity index (χ4n) is 7.68. The van der Waals surface area contributed by atoms with Crippen LogP contribution in [0.4, 0.5) is 0 Å². The van der Waals surface area contributed by atoms with Gasteiger partial charge in [-0.1, -0.05) is 30.3 Å². The number of nitrogens with zero attached hydrogens (tertiary/aromatic N) is 8. The summed E-state index contributed by atoms with van der Waals surface area (Å²) < 4.78 is 7.95. The Bertz CT molecular complexity index is 2470. The number of rotatable bonds is 8. The number of aliphatic hydroxyl groups is 1. The van der Waals surface area contributed by atoms with E-state index >= 15 is 0 Å². The number of aromatic nitrogens is 4. The van der Waals surface area contributed by atoms with Gasteiger partial charge in [-0.15, -0.1) is 5.10 Å². The van der Waals surface area contributed by atoms with Crippen molar-refractivity contribution in [3.63, 3.8) is 0 Å². The number of aliphatic carboxylic acids is 1. The molecule has 12 heteroatoms. The molecule has 0 spiro atoms. The number of hydrogen-bond acceptors (Lipinski definition) is 10. The van der Waals surface area contributed by atoms with Crippen molar-refractivity contribution in [1.29, 1.82) is 10.5 Å². The van der Waals surface area contributed by atoms with Crippen LogP contribution in [0.1, 0.15) is 46.2 Å². The number of carbonyl (C=O) groups is 1. The van der Waals surface area contributed by atoms with Crippen LogP contribution in [0.3, 0.4) is 0 Å². The molecule has 0 radical (unpaired) electrons. The van der Waals surface area contributed by atoms with E-state index in [2.05, 4.69) is 34.1 Å². The average Bonchev–Trinajstić information content (AvgIpc) is 3.95. The standard InChI is InChI=1S/C40H36N8O4/c1-23-31(5-3-7-33(23)37-44-38-29(17-42)14-26(20-48(38)45-37)19-47-12-10-30(49)22-47)32-6-4-8-34(24(32)2)39-43-35-15-25(13-28(16-41)36(35)52-39)18-46-11-9-27(21-46)40(50)51/h3-8,13-15,20,27,30,49H,9-12,18-19,21-22H2,1-2H3,(H,50,51). The highest BCUT2D eigenvalue weighted by atomic mass is 16.4. The molecule has 2 atom stereocenters. The Morgan fingerprint density at radius 1 is 0.865 bits per heavy atom. The molecule has 12 nitrogen and oxygen atoms in total. The molecule has 2 N–H and O–H groups in total. The normalized spacial score (nSPS) is 17.9. The van der Waals surface area contributed by atoms with Crippen LogP contribution in [0, 0.1) is 42.4 Å². The van der Waals surface area contributed by atoms with Crippen molar-refractivity contribution in [2.45, 2.75) is 45.9 Å². The third kappa shape index (κ3) is 6.07. The number of nitriles is 2. The van der Waals surface area contributed by atoms with E-state index < -0.39 is 5.97 Å². The number of carboxylic acid groups (broad SMARTS) is 1. The van der Waals surface area contributed by atoms with Gasteiger partial charge >= 0.3 is 5.97 Å². The molecule has 0 bridgehead atoms. The average molecular weight is 693 g/mol. The fraction of sp³-hybridized carbons (Fsp3) is 0.300. The summed E-state index contributed by atoms with van der Waals surface area (Å²) in [6, 6.07) is 22.1. The van der Waals surface area contributed by atoms with Gasteiger partial charge in [0.25, 0.3) is 0 Å². The Balaban J connectivity index is 1.11. The van der Waals surface area contributed by atoms with Crippen molar-refractivity contribution in [2.24, 2.45) is 5.92 Å². The molecule has 8 rings (SSSR count). The number of carboxylic acids is 1. The molecule has 52 heavy (non-hydrogen) atoms. The van der Waals surface area contributed by atoms with Crippen LogP contribution < -0.4 is 0 Å². The van der Waals surface area contributed by atoms with Crippen LogP contribution in [0.2, 0.25) is 0 Å². The molecule has 6 aromatic rings. The highest BCUT2D eigenvalue weighted by molar-refractivity contribution is 5.85. The second kappa shape index (κ2) is 13.3. The fourth-order valence-corrected chi connectivity index (χ4v) is 7.68. The number of likely N-dealkylation sites (tertiary alicyclic amines) is 2. The summed E-state index contributed by atoms with van der Waals surface area (Å²) in [7, 11) is 0.